The molecule has 0 radical (unpaired) electrons. The summed E-state index contributed by atoms with van der Waals surface area (Å²) in [4.78, 5) is 18.9. The number of amides is 1. The van der Waals surface area contributed by atoms with E-state index in [2.05, 4.69) is 40.1 Å². The van der Waals surface area contributed by atoms with Crippen LogP contribution in [0, 0.1) is 0 Å². The van der Waals surface area contributed by atoms with Gasteiger partial charge in [-0.05, 0) is 48.7 Å². The van der Waals surface area contributed by atoms with Gasteiger partial charge in [-0.3, -0.25) is 9.69 Å². The van der Waals surface area contributed by atoms with Crippen LogP contribution in [-0.4, -0.2) is 49.9 Å². The van der Waals surface area contributed by atoms with Crippen LogP contribution >= 0.6 is 11.6 Å². The molecule has 1 unspecified atom stereocenters. The Morgan fingerprint density at radius 1 is 1.11 bits per heavy atom. The zero-order valence-electron chi connectivity index (χ0n) is 16.4. The van der Waals surface area contributed by atoms with Gasteiger partial charge in [0.2, 0.25) is 5.91 Å². The van der Waals surface area contributed by atoms with Crippen molar-refractivity contribution >= 4 is 23.2 Å². The highest BCUT2D eigenvalue weighted by Crippen LogP contribution is 2.35. The monoisotopic (exact) mass is 385 g/mol. The Morgan fingerprint density at radius 2 is 1.81 bits per heavy atom. The molecule has 2 aromatic rings. The zero-order chi connectivity index (χ0) is 19.4. The Balaban J connectivity index is 1.61. The van der Waals surface area contributed by atoms with Crippen LogP contribution in [0.2, 0.25) is 5.02 Å². The number of anilines is 1. The van der Waals surface area contributed by atoms with E-state index in [0.29, 0.717) is 13.1 Å². The minimum atomic E-state index is 0.144. The highest BCUT2D eigenvalue weighted by Gasteiger charge is 2.29. The van der Waals surface area contributed by atoms with Gasteiger partial charge in [-0.1, -0.05) is 41.9 Å². The summed E-state index contributed by atoms with van der Waals surface area (Å²) in [5, 5.41) is 0.788. The predicted molar refractivity (Wildman–Crippen MR) is 112 cm³/mol. The fourth-order valence-electron chi connectivity index (χ4n) is 3.67. The maximum absolute atomic E-state index is 12.8. The molecule has 0 aliphatic carbocycles. The molecule has 1 atom stereocenters. The Hall–Kier alpha value is -2.04. The van der Waals surface area contributed by atoms with Gasteiger partial charge >= 0.3 is 0 Å². The van der Waals surface area contributed by atoms with Crippen molar-refractivity contribution < 1.29 is 4.79 Å². The third kappa shape index (κ3) is 4.82. The van der Waals surface area contributed by atoms with Crippen LogP contribution < -0.4 is 4.90 Å². The summed E-state index contributed by atoms with van der Waals surface area (Å²) in [5.74, 6) is 0.144. The lowest BCUT2D eigenvalue weighted by Crippen LogP contribution is -2.37. The van der Waals surface area contributed by atoms with Gasteiger partial charge in [-0.2, -0.15) is 0 Å². The number of hydrogen-bond donors (Lipinski definition) is 0. The van der Waals surface area contributed by atoms with Crippen LogP contribution in [0.5, 0.6) is 0 Å². The molecule has 4 nitrogen and oxygen atoms in total. The lowest BCUT2D eigenvalue weighted by Gasteiger charge is -2.27. The molecule has 0 saturated carbocycles. The predicted octanol–water partition coefficient (Wildman–Crippen LogP) is 4.20. The first-order valence-corrected chi connectivity index (χ1v) is 9.82. The van der Waals surface area contributed by atoms with Crippen molar-refractivity contribution in [2.45, 2.75) is 25.4 Å². The van der Waals surface area contributed by atoms with Gasteiger partial charge < -0.3 is 9.80 Å². The molecule has 0 N–H and O–H groups in total. The molecule has 1 heterocycles. The number of likely N-dealkylation sites (tertiary alicyclic amines) is 1. The lowest BCUT2D eigenvalue weighted by atomic mass is 10.0. The smallest absolute Gasteiger partial charge is 0.236 e. The van der Waals surface area contributed by atoms with Crippen molar-refractivity contribution in [2.75, 3.05) is 39.1 Å². The molecule has 1 aliphatic heterocycles. The van der Waals surface area contributed by atoms with Crippen molar-refractivity contribution in [1.29, 1.82) is 0 Å². The summed E-state index contributed by atoms with van der Waals surface area (Å²) in [6.07, 6.45) is 2.14. The normalized spacial score (nSPS) is 17.1. The number of carbonyl (C=O) groups excluding carboxylic acids is 1. The summed E-state index contributed by atoms with van der Waals surface area (Å²) < 4.78 is 0. The Kier molecular flexibility index (Phi) is 6.40. The third-order valence-electron chi connectivity index (χ3n) is 5.26. The molecule has 5 heteroatoms. The number of rotatable bonds is 6. The van der Waals surface area contributed by atoms with Crippen LogP contribution in [0.4, 0.5) is 5.69 Å². The number of halogens is 1. The Labute approximate surface area is 167 Å². The summed E-state index contributed by atoms with van der Waals surface area (Å²) in [6, 6.07) is 16.5. The van der Waals surface area contributed by atoms with Crippen molar-refractivity contribution in [3.63, 3.8) is 0 Å². The van der Waals surface area contributed by atoms with Crippen molar-refractivity contribution in [2.24, 2.45) is 0 Å². The van der Waals surface area contributed by atoms with Gasteiger partial charge in [-0.15, -0.1) is 0 Å². The number of likely N-dealkylation sites (N-methyl/N-ethyl adjacent to an activating group) is 1. The Morgan fingerprint density at radius 3 is 2.48 bits per heavy atom. The van der Waals surface area contributed by atoms with Crippen LogP contribution in [0.15, 0.2) is 48.5 Å². The summed E-state index contributed by atoms with van der Waals surface area (Å²) in [7, 11) is 5.93. The van der Waals surface area contributed by atoms with E-state index >= 15 is 0 Å². The topological polar surface area (TPSA) is 26.8 Å². The molecular formula is C22H28ClN3O. The molecule has 1 aliphatic rings. The zero-order valence-corrected chi connectivity index (χ0v) is 17.1. The maximum atomic E-state index is 12.8. The minimum Gasteiger partial charge on any atom is -0.378 e. The van der Waals surface area contributed by atoms with Gasteiger partial charge in [-0.25, -0.2) is 0 Å². The van der Waals surface area contributed by atoms with Gasteiger partial charge in [0.1, 0.15) is 0 Å². The number of carbonyl (C=O) groups is 1. The highest BCUT2D eigenvalue weighted by molar-refractivity contribution is 6.31. The third-order valence-corrected chi connectivity index (χ3v) is 5.61. The van der Waals surface area contributed by atoms with Crippen LogP contribution in [0.1, 0.15) is 30.0 Å². The van der Waals surface area contributed by atoms with E-state index in [4.69, 9.17) is 11.6 Å². The molecule has 1 amide bonds. The second-order valence-corrected chi connectivity index (χ2v) is 7.87. The molecule has 27 heavy (non-hydrogen) atoms. The van der Waals surface area contributed by atoms with Crippen LogP contribution in [0.3, 0.4) is 0 Å². The molecule has 144 valence electrons. The van der Waals surface area contributed by atoms with Gasteiger partial charge in [0.15, 0.2) is 0 Å². The fourth-order valence-corrected chi connectivity index (χ4v) is 3.93. The molecule has 1 fully saturated rings. The first kappa shape index (κ1) is 19.7. The lowest BCUT2D eigenvalue weighted by molar-refractivity contribution is -0.131. The second kappa shape index (κ2) is 8.77. The Bertz CT molecular complexity index is 775. The van der Waals surface area contributed by atoms with Crippen LogP contribution in [-0.2, 0) is 11.3 Å². The second-order valence-electron chi connectivity index (χ2n) is 7.46. The SMILES string of the molecule is CN(Cc1ccc(N(C)C)cc1)C(=O)CN1CCCC1c1ccccc1Cl. The van der Waals surface area contributed by atoms with E-state index < -0.39 is 0 Å². The quantitative estimate of drug-likeness (QED) is 0.745. The highest BCUT2D eigenvalue weighted by atomic mass is 35.5. The van der Waals surface area contributed by atoms with Crippen molar-refractivity contribution in [3.8, 4) is 0 Å². The first-order chi connectivity index (χ1) is 13.0. The average Bonchev–Trinajstić information content (AvgIpc) is 3.10. The van der Waals surface area contributed by atoms with E-state index in [1.807, 2.05) is 44.2 Å². The standard InChI is InChI=1S/C22H28ClN3O/c1-24(2)18-12-10-17(11-13-18)15-25(3)22(27)16-26-14-6-9-21(26)19-7-4-5-8-20(19)23/h4-5,7-8,10-13,21H,6,9,14-16H2,1-3H3. The molecule has 3 rings (SSSR count). The van der Waals surface area contributed by atoms with E-state index in [0.717, 1.165) is 41.2 Å². The molecule has 2 aromatic carbocycles. The molecule has 0 bridgehead atoms. The fraction of sp³-hybridized carbons (Fsp3) is 0.409. The van der Waals surface area contributed by atoms with Gasteiger partial charge in [0.25, 0.3) is 0 Å². The maximum Gasteiger partial charge on any atom is 0.236 e. The average molecular weight is 386 g/mol. The summed E-state index contributed by atoms with van der Waals surface area (Å²) >= 11 is 6.39. The molecule has 1 saturated heterocycles. The molecular weight excluding hydrogens is 358 g/mol. The van der Waals surface area contributed by atoms with Crippen LogP contribution in [0.25, 0.3) is 0 Å². The van der Waals surface area contributed by atoms with E-state index in [9.17, 15) is 4.79 Å². The first-order valence-electron chi connectivity index (χ1n) is 9.44. The van der Waals surface area contributed by atoms with E-state index in [-0.39, 0.29) is 11.9 Å². The number of nitrogens with zero attached hydrogens (tertiary/aromatic N) is 3. The molecule has 0 spiro atoms. The van der Waals surface area contributed by atoms with Gasteiger partial charge in [0.05, 0.1) is 6.54 Å². The summed E-state index contributed by atoms with van der Waals surface area (Å²) in [6.45, 7) is 1.99. The van der Waals surface area contributed by atoms with Crippen molar-refractivity contribution in [3.05, 3.63) is 64.7 Å². The largest absolute Gasteiger partial charge is 0.378 e. The minimum absolute atomic E-state index is 0.144. The van der Waals surface area contributed by atoms with Gasteiger partial charge in [0, 0.05) is 44.4 Å². The number of hydrogen-bond acceptors (Lipinski definition) is 3. The van der Waals surface area contributed by atoms with E-state index in [1.165, 1.54) is 0 Å². The molecule has 0 aromatic heterocycles. The summed E-state index contributed by atoms with van der Waals surface area (Å²) in [5.41, 5.74) is 3.43. The number of benzene rings is 2. The van der Waals surface area contributed by atoms with E-state index in [1.54, 1.807) is 0 Å². The van der Waals surface area contributed by atoms with Crippen molar-refractivity contribution in [1.82, 2.24) is 9.80 Å².